The molecule has 4 nitrogen and oxygen atoms in total. The third-order valence-corrected chi connectivity index (χ3v) is 5.03. The highest BCUT2D eigenvalue weighted by molar-refractivity contribution is 5.91. The van der Waals surface area contributed by atoms with Crippen molar-refractivity contribution in [3.8, 4) is 5.75 Å². The Morgan fingerprint density at radius 1 is 1.15 bits per heavy atom. The number of rotatable bonds is 5. The average Bonchev–Trinajstić information content (AvgIpc) is 3.07. The van der Waals surface area contributed by atoms with E-state index < -0.39 is 0 Å². The highest BCUT2D eigenvalue weighted by Gasteiger charge is 2.39. The number of ether oxygens (including phenoxy) is 2. The Morgan fingerprint density at radius 2 is 1.92 bits per heavy atom. The van der Waals surface area contributed by atoms with E-state index in [-0.39, 0.29) is 5.97 Å². The molecule has 0 radical (unpaired) electrons. The van der Waals surface area contributed by atoms with Gasteiger partial charge in [-0.05, 0) is 50.3 Å². The van der Waals surface area contributed by atoms with Gasteiger partial charge in [-0.2, -0.15) is 0 Å². The third kappa shape index (κ3) is 3.07. The topological polar surface area (TPSA) is 38.8 Å². The Hall–Kier alpha value is -2.75. The molecule has 1 atom stereocenters. The molecule has 0 fully saturated rings. The highest BCUT2D eigenvalue weighted by Crippen LogP contribution is 2.45. The largest absolute Gasteiger partial charge is 0.462 e. The van der Waals surface area contributed by atoms with Gasteiger partial charge in [-0.1, -0.05) is 42.5 Å². The van der Waals surface area contributed by atoms with Crippen LogP contribution in [0.1, 0.15) is 31.7 Å². The maximum Gasteiger partial charge on any atom is 0.339 e. The van der Waals surface area contributed by atoms with E-state index in [0.717, 1.165) is 30.7 Å². The molecule has 2 aromatic rings. The first-order valence-corrected chi connectivity index (χ1v) is 9.28. The summed E-state index contributed by atoms with van der Waals surface area (Å²) in [5, 5.41) is 0. The number of aryl methyl sites for hydroxylation is 1. The van der Waals surface area contributed by atoms with Crippen molar-refractivity contribution in [3.05, 3.63) is 71.6 Å². The number of carbonyl (C=O) groups excluding carboxylic acids is 1. The fraction of sp³-hybridized carbons (Fsp3) is 0.318. The summed E-state index contributed by atoms with van der Waals surface area (Å²) in [6, 6.07) is 18.8. The molecule has 0 bridgehead atoms. The van der Waals surface area contributed by atoms with Gasteiger partial charge in [0, 0.05) is 6.04 Å². The first kappa shape index (κ1) is 16.7. The van der Waals surface area contributed by atoms with Crippen LogP contribution in [-0.4, -0.2) is 18.6 Å². The summed E-state index contributed by atoms with van der Waals surface area (Å²) in [6.07, 6.45) is 3.63. The first-order chi connectivity index (χ1) is 12.8. The van der Waals surface area contributed by atoms with Crippen molar-refractivity contribution < 1.29 is 14.3 Å². The minimum absolute atomic E-state index is 0.262. The van der Waals surface area contributed by atoms with Crippen LogP contribution in [0.15, 0.2) is 66.1 Å². The molecule has 0 spiro atoms. The van der Waals surface area contributed by atoms with Crippen LogP contribution in [0.5, 0.6) is 5.75 Å². The zero-order chi connectivity index (χ0) is 17.9. The molecule has 4 rings (SSSR count). The minimum atomic E-state index is -0.262. The lowest BCUT2D eigenvalue weighted by molar-refractivity contribution is -0.139. The number of carbonyl (C=O) groups is 1. The number of fused-ring (bicyclic) bond motifs is 3. The predicted molar refractivity (Wildman–Crippen MR) is 101 cm³/mol. The van der Waals surface area contributed by atoms with E-state index in [1.807, 2.05) is 31.2 Å². The normalized spacial score (nSPS) is 18.2. The van der Waals surface area contributed by atoms with E-state index in [1.165, 1.54) is 5.56 Å². The van der Waals surface area contributed by atoms with E-state index >= 15 is 0 Å². The summed E-state index contributed by atoms with van der Waals surface area (Å²) in [5.74, 6) is 1.21. The molecule has 134 valence electrons. The number of para-hydroxylation sites is 2. The fourth-order valence-electron chi connectivity index (χ4n) is 3.78. The standard InChI is InChI=1S/C22H23NO3/c1-2-25-22(24)18-15-14-17(13-12-16-8-4-3-5-9-16)23-19-10-6-7-11-20(19)26-21(18)23/h3-11,17H,2,12-15H2,1H3/t17-/m0/s1. The smallest absolute Gasteiger partial charge is 0.339 e. The minimum Gasteiger partial charge on any atom is -0.462 e. The number of anilines is 1. The van der Waals surface area contributed by atoms with Crippen LogP contribution < -0.4 is 9.64 Å². The van der Waals surface area contributed by atoms with Crippen molar-refractivity contribution in [2.75, 3.05) is 11.5 Å². The van der Waals surface area contributed by atoms with Crippen LogP contribution in [0, 0.1) is 0 Å². The number of benzene rings is 2. The fourth-order valence-corrected chi connectivity index (χ4v) is 3.78. The molecule has 4 heteroatoms. The second kappa shape index (κ2) is 7.24. The number of hydrogen-bond donors (Lipinski definition) is 0. The molecule has 2 aromatic carbocycles. The molecule has 2 aliphatic heterocycles. The molecule has 0 saturated carbocycles. The molecule has 0 aromatic heterocycles. The molecular weight excluding hydrogens is 326 g/mol. The summed E-state index contributed by atoms with van der Waals surface area (Å²) in [4.78, 5) is 14.6. The van der Waals surface area contributed by atoms with Crippen LogP contribution in [-0.2, 0) is 16.0 Å². The lowest BCUT2D eigenvalue weighted by Gasteiger charge is -2.34. The molecule has 2 aliphatic rings. The van der Waals surface area contributed by atoms with E-state index in [2.05, 4.69) is 35.2 Å². The molecular formula is C22H23NO3. The molecule has 2 heterocycles. The maximum absolute atomic E-state index is 12.4. The van der Waals surface area contributed by atoms with Crippen molar-refractivity contribution in [1.82, 2.24) is 0 Å². The summed E-state index contributed by atoms with van der Waals surface area (Å²) in [7, 11) is 0. The van der Waals surface area contributed by atoms with Crippen molar-refractivity contribution in [1.29, 1.82) is 0 Å². The number of nitrogens with zero attached hydrogens (tertiary/aromatic N) is 1. The van der Waals surface area contributed by atoms with Gasteiger partial charge in [-0.15, -0.1) is 0 Å². The lowest BCUT2D eigenvalue weighted by atomic mass is 9.94. The third-order valence-electron chi connectivity index (χ3n) is 5.03. The van der Waals surface area contributed by atoms with Gasteiger partial charge in [-0.25, -0.2) is 4.79 Å². The summed E-state index contributed by atoms with van der Waals surface area (Å²) in [5.41, 5.74) is 3.03. The molecule has 26 heavy (non-hydrogen) atoms. The van der Waals surface area contributed by atoms with Gasteiger partial charge in [0.15, 0.2) is 5.75 Å². The van der Waals surface area contributed by atoms with E-state index in [9.17, 15) is 4.79 Å². The predicted octanol–water partition coefficient (Wildman–Crippen LogP) is 4.46. The van der Waals surface area contributed by atoms with E-state index in [0.29, 0.717) is 30.5 Å². The Labute approximate surface area is 154 Å². The van der Waals surface area contributed by atoms with Crippen LogP contribution >= 0.6 is 0 Å². The maximum atomic E-state index is 12.4. The van der Waals surface area contributed by atoms with Crippen LogP contribution in [0.4, 0.5) is 5.69 Å². The van der Waals surface area contributed by atoms with Crippen molar-refractivity contribution in [2.24, 2.45) is 0 Å². The Kier molecular flexibility index (Phi) is 4.65. The van der Waals surface area contributed by atoms with Crippen molar-refractivity contribution in [2.45, 2.75) is 38.6 Å². The van der Waals surface area contributed by atoms with E-state index in [1.54, 1.807) is 0 Å². The SMILES string of the molecule is CCOC(=O)C1=C2Oc3ccccc3N2[C@@H](CCc2ccccc2)CC1. The van der Waals surface area contributed by atoms with Crippen LogP contribution in [0.2, 0.25) is 0 Å². The van der Waals surface area contributed by atoms with Crippen LogP contribution in [0.25, 0.3) is 0 Å². The van der Waals surface area contributed by atoms with Crippen molar-refractivity contribution in [3.63, 3.8) is 0 Å². The summed E-state index contributed by atoms with van der Waals surface area (Å²) in [6.45, 7) is 2.20. The monoisotopic (exact) mass is 349 g/mol. The Morgan fingerprint density at radius 3 is 2.73 bits per heavy atom. The zero-order valence-electron chi connectivity index (χ0n) is 15.0. The van der Waals surface area contributed by atoms with E-state index in [4.69, 9.17) is 9.47 Å². The van der Waals surface area contributed by atoms with Gasteiger partial charge in [0.1, 0.15) is 0 Å². The van der Waals surface area contributed by atoms with Crippen LogP contribution in [0.3, 0.4) is 0 Å². The molecule has 0 N–H and O–H groups in total. The molecule has 0 amide bonds. The van der Waals surface area contributed by atoms with Crippen molar-refractivity contribution >= 4 is 11.7 Å². The van der Waals surface area contributed by atoms with Gasteiger partial charge >= 0.3 is 5.97 Å². The number of esters is 1. The van der Waals surface area contributed by atoms with Gasteiger partial charge < -0.3 is 14.4 Å². The highest BCUT2D eigenvalue weighted by atomic mass is 16.5. The Bertz CT molecular complexity index is 828. The van der Waals surface area contributed by atoms with Gasteiger partial charge in [0.25, 0.3) is 0 Å². The first-order valence-electron chi connectivity index (χ1n) is 9.28. The summed E-state index contributed by atoms with van der Waals surface area (Å²) >= 11 is 0. The molecule has 0 unspecified atom stereocenters. The Balaban J connectivity index is 1.63. The quantitative estimate of drug-likeness (QED) is 0.747. The van der Waals surface area contributed by atoms with Gasteiger partial charge in [-0.3, -0.25) is 0 Å². The van der Waals surface area contributed by atoms with Gasteiger partial charge in [0.2, 0.25) is 5.88 Å². The zero-order valence-corrected chi connectivity index (χ0v) is 15.0. The molecule has 0 aliphatic carbocycles. The number of hydrogen-bond acceptors (Lipinski definition) is 4. The second-order valence-electron chi connectivity index (χ2n) is 6.66. The van der Waals surface area contributed by atoms with Gasteiger partial charge in [0.05, 0.1) is 17.9 Å². The summed E-state index contributed by atoms with van der Waals surface area (Å²) < 4.78 is 11.3. The lowest BCUT2D eigenvalue weighted by Crippen LogP contribution is -2.39. The molecule has 0 saturated heterocycles. The average molecular weight is 349 g/mol. The second-order valence-corrected chi connectivity index (χ2v) is 6.66.